The van der Waals surface area contributed by atoms with Gasteiger partial charge in [-0.25, -0.2) is 9.79 Å². The molecular formula is C30H21ClN2O7S. The minimum Gasteiger partial charge on any atom is -0.463 e. The predicted octanol–water partition coefficient (Wildman–Crippen LogP) is 4.05. The highest BCUT2D eigenvalue weighted by Crippen LogP contribution is 2.40. The van der Waals surface area contributed by atoms with Crippen molar-refractivity contribution in [1.82, 2.24) is 4.57 Å². The SMILES string of the molecule is CCOC(=O)C1=C(c2ccccc2)N=c2s/c(=C\c3cc4c(cc3Cl)OCO4)c(=O)n2[C@H]1c1ccc2c(c1)OCO2. The number of rotatable bonds is 5. The number of carbonyl (C=O) groups excluding carboxylic acids is 1. The van der Waals surface area contributed by atoms with Gasteiger partial charge < -0.3 is 23.7 Å². The summed E-state index contributed by atoms with van der Waals surface area (Å²) in [7, 11) is 0. The van der Waals surface area contributed by atoms with Crippen molar-refractivity contribution in [3.05, 3.63) is 108 Å². The summed E-state index contributed by atoms with van der Waals surface area (Å²) in [4.78, 5) is 33.0. The van der Waals surface area contributed by atoms with Crippen molar-refractivity contribution in [1.29, 1.82) is 0 Å². The van der Waals surface area contributed by atoms with Crippen LogP contribution in [0.1, 0.15) is 29.7 Å². The third-order valence-electron chi connectivity index (χ3n) is 6.86. The molecule has 0 saturated carbocycles. The van der Waals surface area contributed by atoms with Crippen LogP contribution in [0, 0.1) is 0 Å². The number of thiazole rings is 1. The Morgan fingerprint density at radius 1 is 1.02 bits per heavy atom. The van der Waals surface area contributed by atoms with Crippen molar-refractivity contribution in [2.24, 2.45) is 4.99 Å². The molecule has 3 aliphatic rings. The van der Waals surface area contributed by atoms with Crippen LogP contribution in [0.15, 0.2) is 76.0 Å². The zero-order chi connectivity index (χ0) is 28.1. The minimum atomic E-state index is -0.843. The number of hydrogen-bond acceptors (Lipinski definition) is 9. The number of hydrogen-bond donors (Lipinski definition) is 0. The van der Waals surface area contributed by atoms with Gasteiger partial charge in [-0.3, -0.25) is 9.36 Å². The lowest BCUT2D eigenvalue weighted by Crippen LogP contribution is -2.40. The molecule has 11 heteroatoms. The van der Waals surface area contributed by atoms with Crippen molar-refractivity contribution in [2.45, 2.75) is 13.0 Å². The summed E-state index contributed by atoms with van der Waals surface area (Å²) in [6.45, 7) is 2.09. The molecule has 1 atom stereocenters. The van der Waals surface area contributed by atoms with E-state index in [9.17, 15) is 9.59 Å². The average molecular weight is 589 g/mol. The van der Waals surface area contributed by atoms with Crippen LogP contribution in [0.5, 0.6) is 23.0 Å². The van der Waals surface area contributed by atoms with Crippen LogP contribution in [0.25, 0.3) is 11.8 Å². The summed E-state index contributed by atoms with van der Waals surface area (Å²) < 4.78 is 29.5. The molecule has 0 spiro atoms. The number of halogens is 1. The molecule has 9 nitrogen and oxygen atoms in total. The summed E-state index contributed by atoms with van der Waals surface area (Å²) in [6.07, 6.45) is 1.70. The number of fused-ring (bicyclic) bond motifs is 3. The molecule has 7 rings (SSSR count). The van der Waals surface area contributed by atoms with E-state index in [-0.39, 0.29) is 31.3 Å². The highest BCUT2D eigenvalue weighted by atomic mass is 35.5. The second-order valence-electron chi connectivity index (χ2n) is 9.27. The average Bonchev–Trinajstić information content (AvgIpc) is 3.71. The quantitative estimate of drug-likeness (QED) is 0.325. The first-order valence-electron chi connectivity index (χ1n) is 12.8. The van der Waals surface area contributed by atoms with E-state index in [0.29, 0.717) is 54.2 Å². The Balaban J connectivity index is 1.49. The second kappa shape index (κ2) is 10.1. The highest BCUT2D eigenvalue weighted by Gasteiger charge is 2.36. The van der Waals surface area contributed by atoms with Gasteiger partial charge in [0.2, 0.25) is 13.6 Å². The van der Waals surface area contributed by atoms with E-state index >= 15 is 0 Å². The van der Waals surface area contributed by atoms with Gasteiger partial charge in [-0.1, -0.05) is 59.3 Å². The summed E-state index contributed by atoms with van der Waals surface area (Å²) >= 11 is 7.73. The number of nitrogens with zero attached hydrogens (tertiary/aromatic N) is 2. The van der Waals surface area contributed by atoms with Crippen LogP contribution in [0.4, 0.5) is 0 Å². The van der Waals surface area contributed by atoms with Gasteiger partial charge in [0.05, 0.1) is 33.5 Å². The van der Waals surface area contributed by atoms with Crippen LogP contribution < -0.4 is 33.8 Å². The van der Waals surface area contributed by atoms with Gasteiger partial charge in [0.1, 0.15) is 0 Å². The van der Waals surface area contributed by atoms with E-state index in [2.05, 4.69) is 0 Å². The van der Waals surface area contributed by atoms with Gasteiger partial charge >= 0.3 is 5.97 Å². The third kappa shape index (κ3) is 4.36. The molecule has 0 aliphatic carbocycles. The molecule has 1 aromatic heterocycles. The molecular weight excluding hydrogens is 568 g/mol. The van der Waals surface area contributed by atoms with E-state index in [1.807, 2.05) is 36.4 Å². The van der Waals surface area contributed by atoms with E-state index in [1.54, 1.807) is 37.3 Å². The summed E-state index contributed by atoms with van der Waals surface area (Å²) in [5, 5.41) is 0.407. The van der Waals surface area contributed by atoms with Crippen molar-refractivity contribution < 1.29 is 28.5 Å². The molecule has 0 fully saturated rings. The van der Waals surface area contributed by atoms with E-state index < -0.39 is 12.0 Å². The maximum atomic E-state index is 14.1. The van der Waals surface area contributed by atoms with Crippen molar-refractivity contribution in [2.75, 3.05) is 20.2 Å². The van der Waals surface area contributed by atoms with E-state index in [4.69, 9.17) is 40.3 Å². The molecule has 0 saturated heterocycles. The first kappa shape index (κ1) is 25.4. The zero-order valence-corrected chi connectivity index (χ0v) is 23.2. The molecule has 0 unspecified atom stereocenters. The fourth-order valence-electron chi connectivity index (χ4n) is 5.02. The van der Waals surface area contributed by atoms with Crippen molar-refractivity contribution in [3.63, 3.8) is 0 Å². The molecule has 3 aromatic carbocycles. The summed E-state index contributed by atoms with van der Waals surface area (Å²) in [6, 6.07) is 17.3. The van der Waals surface area contributed by atoms with Crippen molar-refractivity contribution in [3.8, 4) is 23.0 Å². The molecule has 206 valence electrons. The highest BCUT2D eigenvalue weighted by molar-refractivity contribution is 7.07. The van der Waals surface area contributed by atoms with Gasteiger partial charge in [-0.15, -0.1) is 0 Å². The molecule has 0 amide bonds. The van der Waals surface area contributed by atoms with Crippen molar-refractivity contribution >= 4 is 40.7 Å². The lowest BCUT2D eigenvalue weighted by atomic mass is 9.93. The number of carbonyl (C=O) groups is 1. The van der Waals surface area contributed by atoms with Gasteiger partial charge in [0, 0.05) is 11.6 Å². The molecule has 41 heavy (non-hydrogen) atoms. The topological polar surface area (TPSA) is 97.6 Å². The Morgan fingerprint density at radius 3 is 2.49 bits per heavy atom. The van der Waals surface area contributed by atoms with Gasteiger partial charge in [0.25, 0.3) is 5.56 Å². The zero-order valence-electron chi connectivity index (χ0n) is 21.6. The normalized spacial score (nSPS) is 16.9. The fourth-order valence-corrected chi connectivity index (χ4v) is 6.22. The Bertz CT molecular complexity index is 1930. The molecule has 3 aliphatic heterocycles. The molecule has 0 bridgehead atoms. The maximum Gasteiger partial charge on any atom is 0.338 e. The van der Waals surface area contributed by atoms with Crippen LogP contribution in [0.2, 0.25) is 5.02 Å². The maximum absolute atomic E-state index is 14.1. The molecule has 4 heterocycles. The minimum absolute atomic E-state index is 0.0909. The Hall–Kier alpha value is -4.54. The fraction of sp³-hybridized carbons (Fsp3) is 0.167. The Kier molecular flexibility index (Phi) is 6.29. The Labute approximate surface area is 242 Å². The predicted molar refractivity (Wildman–Crippen MR) is 151 cm³/mol. The number of aromatic nitrogens is 1. The second-order valence-corrected chi connectivity index (χ2v) is 10.7. The summed E-state index contributed by atoms with van der Waals surface area (Å²) in [5.74, 6) is 1.64. The van der Waals surface area contributed by atoms with Crippen LogP contribution in [-0.2, 0) is 9.53 Å². The van der Waals surface area contributed by atoms with Gasteiger partial charge in [-0.2, -0.15) is 0 Å². The summed E-state index contributed by atoms with van der Waals surface area (Å²) in [5.41, 5.74) is 2.30. The first-order chi connectivity index (χ1) is 20.0. The van der Waals surface area contributed by atoms with Crippen LogP contribution >= 0.6 is 22.9 Å². The first-order valence-corrected chi connectivity index (χ1v) is 14.0. The monoisotopic (exact) mass is 588 g/mol. The number of esters is 1. The third-order valence-corrected chi connectivity index (χ3v) is 8.17. The number of ether oxygens (including phenoxy) is 5. The molecule has 0 radical (unpaired) electrons. The van der Waals surface area contributed by atoms with Gasteiger partial charge in [0.15, 0.2) is 27.8 Å². The molecule has 4 aromatic rings. The van der Waals surface area contributed by atoms with E-state index in [1.165, 1.54) is 15.9 Å². The smallest absolute Gasteiger partial charge is 0.338 e. The lowest BCUT2D eigenvalue weighted by Gasteiger charge is -2.26. The molecule has 0 N–H and O–H groups in total. The number of benzene rings is 3. The van der Waals surface area contributed by atoms with Gasteiger partial charge in [-0.05, 0) is 42.3 Å². The van der Waals surface area contributed by atoms with Crippen LogP contribution in [0.3, 0.4) is 0 Å². The Morgan fingerprint density at radius 2 is 1.73 bits per heavy atom. The van der Waals surface area contributed by atoms with E-state index in [0.717, 1.165) is 5.56 Å². The lowest BCUT2D eigenvalue weighted by molar-refractivity contribution is -0.138. The standard InChI is InChI=1S/C30H21ClN2O7S/c1-2-36-29(35)25-26(16-6-4-3-5-7-16)32-30-33(27(25)17-8-9-20-21(10-17)38-14-37-20)28(34)24(41-30)12-18-11-22-23(13-19(18)31)40-15-39-22/h3-13,27H,2,14-15H2,1H3/b24-12-/t27-/m0/s1. The van der Waals surface area contributed by atoms with Crippen LogP contribution in [-0.4, -0.2) is 30.7 Å². The largest absolute Gasteiger partial charge is 0.463 e.